The van der Waals surface area contributed by atoms with Crippen LogP contribution in [-0.4, -0.2) is 57.7 Å². The molecule has 0 aromatic heterocycles. The predicted octanol–water partition coefficient (Wildman–Crippen LogP) is 2.62. The highest BCUT2D eigenvalue weighted by molar-refractivity contribution is 5.89. The number of methoxy groups -OCH3 is 1. The molecule has 0 amide bonds. The van der Waals surface area contributed by atoms with Crippen molar-refractivity contribution in [3.8, 4) is 5.75 Å². The average Bonchev–Trinajstić information content (AvgIpc) is 2.58. The van der Waals surface area contributed by atoms with Crippen molar-refractivity contribution in [2.24, 2.45) is 0 Å². The van der Waals surface area contributed by atoms with Gasteiger partial charge in [0.1, 0.15) is 18.0 Å². The zero-order chi connectivity index (χ0) is 19.4. The highest BCUT2D eigenvalue weighted by Gasteiger charge is 2.15. The van der Waals surface area contributed by atoms with Crippen molar-refractivity contribution >= 4 is 11.9 Å². The standard InChI is InChI=1S/C19H28O7/c1-19(2,3)26-17(20)8-9-23-10-11-24-12-13-25-16-7-5-6-15(14-16)18(21)22-4/h5-7,14H,8-13H2,1-4H3. The lowest BCUT2D eigenvalue weighted by molar-refractivity contribution is -0.156. The van der Waals surface area contributed by atoms with Gasteiger partial charge in [0.2, 0.25) is 0 Å². The Bertz CT molecular complexity index is 563. The minimum absolute atomic E-state index is 0.219. The highest BCUT2D eigenvalue weighted by atomic mass is 16.6. The molecule has 1 aromatic carbocycles. The van der Waals surface area contributed by atoms with Gasteiger partial charge in [-0.1, -0.05) is 6.07 Å². The average molecular weight is 368 g/mol. The van der Waals surface area contributed by atoms with Crippen LogP contribution in [0.5, 0.6) is 5.75 Å². The molecule has 0 saturated heterocycles. The third kappa shape index (κ3) is 10.0. The fourth-order valence-corrected chi connectivity index (χ4v) is 1.92. The first-order valence-electron chi connectivity index (χ1n) is 8.50. The van der Waals surface area contributed by atoms with E-state index in [-0.39, 0.29) is 12.4 Å². The van der Waals surface area contributed by atoms with Crippen LogP contribution in [-0.2, 0) is 23.7 Å². The number of hydrogen-bond acceptors (Lipinski definition) is 7. The van der Waals surface area contributed by atoms with Gasteiger partial charge in [-0.2, -0.15) is 0 Å². The third-order valence-corrected chi connectivity index (χ3v) is 2.99. The summed E-state index contributed by atoms with van der Waals surface area (Å²) < 4.78 is 26.0. The van der Waals surface area contributed by atoms with Gasteiger partial charge in [0.15, 0.2) is 0 Å². The fourth-order valence-electron chi connectivity index (χ4n) is 1.92. The Morgan fingerprint density at radius 2 is 1.62 bits per heavy atom. The number of carbonyl (C=O) groups excluding carboxylic acids is 2. The summed E-state index contributed by atoms with van der Waals surface area (Å²) in [5, 5.41) is 0. The van der Waals surface area contributed by atoms with Crippen LogP contribution in [0, 0.1) is 0 Å². The van der Waals surface area contributed by atoms with Crippen LogP contribution in [0.25, 0.3) is 0 Å². The van der Waals surface area contributed by atoms with E-state index in [9.17, 15) is 9.59 Å². The normalized spacial score (nSPS) is 11.1. The van der Waals surface area contributed by atoms with E-state index in [4.69, 9.17) is 18.9 Å². The van der Waals surface area contributed by atoms with E-state index in [0.29, 0.717) is 44.3 Å². The van der Waals surface area contributed by atoms with Gasteiger partial charge in [0.25, 0.3) is 0 Å². The highest BCUT2D eigenvalue weighted by Crippen LogP contribution is 2.14. The molecular weight excluding hydrogens is 340 g/mol. The Morgan fingerprint density at radius 3 is 2.27 bits per heavy atom. The largest absolute Gasteiger partial charge is 0.491 e. The van der Waals surface area contributed by atoms with Crippen molar-refractivity contribution in [3.05, 3.63) is 29.8 Å². The molecule has 1 aromatic rings. The molecule has 0 radical (unpaired) electrons. The van der Waals surface area contributed by atoms with E-state index < -0.39 is 11.6 Å². The second kappa shape index (κ2) is 11.5. The Labute approximate surface area is 154 Å². The van der Waals surface area contributed by atoms with Gasteiger partial charge < -0.3 is 23.7 Å². The second-order valence-electron chi connectivity index (χ2n) is 6.43. The molecule has 0 saturated carbocycles. The minimum Gasteiger partial charge on any atom is -0.491 e. The van der Waals surface area contributed by atoms with E-state index >= 15 is 0 Å². The first-order valence-corrected chi connectivity index (χ1v) is 8.50. The van der Waals surface area contributed by atoms with Crippen molar-refractivity contribution in [3.63, 3.8) is 0 Å². The Hall–Kier alpha value is -2.12. The lowest BCUT2D eigenvalue weighted by Crippen LogP contribution is -2.24. The van der Waals surface area contributed by atoms with E-state index in [0.717, 1.165) is 0 Å². The molecule has 0 aliphatic heterocycles. The molecule has 7 nitrogen and oxygen atoms in total. The molecule has 0 bridgehead atoms. The fraction of sp³-hybridized carbons (Fsp3) is 0.579. The summed E-state index contributed by atoms with van der Waals surface area (Å²) in [5.74, 6) is -0.110. The van der Waals surface area contributed by atoms with Crippen LogP contribution >= 0.6 is 0 Å². The van der Waals surface area contributed by atoms with Crippen LogP contribution in [0.15, 0.2) is 24.3 Å². The van der Waals surface area contributed by atoms with Crippen molar-refractivity contribution in [2.75, 3.05) is 40.1 Å². The summed E-state index contributed by atoms with van der Waals surface area (Å²) in [6.45, 7) is 7.31. The van der Waals surface area contributed by atoms with Crippen molar-refractivity contribution < 1.29 is 33.3 Å². The summed E-state index contributed by atoms with van der Waals surface area (Å²) in [6, 6.07) is 6.75. The first-order chi connectivity index (χ1) is 12.3. The molecule has 0 aliphatic carbocycles. The van der Waals surface area contributed by atoms with Gasteiger partial charge >= 0.3 is 11.9 Å². The van der Waals surface area contributed by atoms with Crippen molar-refractivity contribution in [1.82, 2.24) is 0 Å². The van der Waals surface area contributed by atoms with Gasteiger partial charge in [-0.3, -0.25) is 4.79 Å². The van der Waals surface area contributed by atoms with Crippen molar-refractivity contribution in [1.29, 1.82) is 0 Å². The summed E-state index contributed by atoms with van der Waals surface area (Å²) in [7, 11) is 1.33. The van der Waals surface area contributed by atoms with Gasteiger partial charge in [-0.15, -0.1) is 0 Å². The minimum atomic E-state index is -0.476. The predicted molar refractivity (Wildman–Crippen MR) is 95.4 cm³/mol. The molecule has 0 N–H and O–H groups in total. The first kappa shape index (κ1) is 21.9. The molecule has 1 rings (SSSR count). The van der Waals surface area contributed by atoms with Crippen LogP contribution in [0.3, 0.4) is 0 Å². The molecule has 26 heavy (non-hydrogen) atoms. The smallest absolute Gasteiger partial charge is 0.337 e. The number of ether oxygens (including phenoxy) is 5. The molecule has 0 heterocycles. The van der Waals surface area contributed by atoms with Crippen LogP contribution in [0.4, 0.5) is 0 Å². The third-order valence-electron chi connectivity index (χ3n) is 2.99. The van der Waals surface area contributed by atoms with E-state index in [2.05, 4.69) is 4.74 Å². The molecule has 0 atom stereocenters. The Balaban J connectivity index is 2.05. The Morgan fingerprint density at radius 1 is 0.962 bits per heavy atom. The molecular formula is C19H28O7. The Kier molecular flexibility index (Phi) is 9.69. The van der Waals surface area contributed by atoms with Gasteiger partial charge in [-0.05, 0) is 39.0 Å². The number of rotatable bonds is 11. The quantitative estimate of drug-likeness (QED) is 0.439. The topological polar surface area (TPSA) is 80.3 Å². The van der Waals surface area contributed by atoms with E-state index in [1.54, 1.807) is 24.3 Å². The van der Waals surface area contributed by atoms with E-state index in [1.807, 2.05) is 20.8 Å². The maximum absolute atomic E-state index is 11.5. The SMILES string of the molecule is COC(=O)c1cccc(OCCOCCOCCC(=O)OC(C)(C)C)c1. The summed E-state index contributed by atoms with van der Waals surface area (Å²) >= 11 is 0. The maximum Gasteiger partial charge on any atom is 0.337 e. The zero-order valence-electron chi connectivity index (χ0n) is 15.9. The lowest BCUT2D eigenvalue weighted by Gasteiger charge is -2.19. The van der Waals surface area contributed by atoms with E-state index in [1.165, 1.54) is 7.11 Å². The zero-order valence-corrected chi connectivity index (χ0v) is 15.9. The molecule has 0 unspecified atom stereocenters. The summed E-state index contributed by atoms with van der Waals surface area (Å²) in [4.78, 5) is 22.9. The molecule has 7 heteroatoms. The monoisotopic (exact) mass is 368 g/mol. The molecule has 0 fully saturated rings. The van der Waals surface area contributed by atoms with Gasteiger partial charge in [0, 0.05) is 0 Å². The van der Waals surface area contributed by atoms with Gasteiger partial charge in [-0.25, -0.2) is 4.79 Å². The number of benzene rings is 1. The number of esters is 2. The number of hydrogen-bond donors (Lipinski definition) is 0. The van der Waals surface area contributed by atoms with Crippen LogP contribution in [0.2, 0.25) is 0 Å². The molecule has 0 spiro atoms. The molecule has 0 aliphatic rings. The second-order valence-corrected chi connectivity index (χ2v) is 6.43. The van der Waals surface area contributed by atoms with Crippen LogP contribution < -0.4 is 4.74 Å². The maximum atomic E-state index is 11.5. The lowest BCUT2D eigenvalue weighted by atomic mass is 10.2. The van der Waals surface area contributed by atoms with Crippen molar-refractivity contribution in [2.45, 2.75) is 32.8 Å². The molecule has 146 valence electrons. The number of carbonyl (C=O) groups is 2. The van der Waals surface area contributed by atoms with Crippen LogP contribution in [0.1, 0.15) is 37.6 Å². The summed E-state index contributed by atoms with van der Waals surface area (Å²) in [6.07, 6.45) is 0.219. The van der Waals surface area contributed by atoms with Gasteiger partial charge in [0.05, 0.1) is 45.5 Å². The summed E-state index contributed by atoms with van der Waals surface area (Å²) in [5.41, 5.74) is -0.0411.